The van der Waals surface area contributed by atoms with Crippen LogP contribution in [0.2, 0.25) is 0 Å². The Labute approximate surface area is 94.9 Å². The molecule has 5 nitrogen and oxygen atoms in total. The first-order valence-electron chi connectivity index (χ1n) is 5.26. The van der Waals surface area contributed by atoms with Gasteiger partial charge in [-0.1, -0.05) is 0 Å². The molecule has 0 saturated heterocycles. The van der Waals surface area contributed by atoms with E-state index in [0.717, 1.165) is 30.0 Å². The summed E-state index contributed by atoms with van der Waals surface area (Å²) in [7, 11) is 1.91. The van der Waals surface area contributed by atoms with Gasteiger partial charge in [0.25, 0.3) is 0 Å². The predicted molar refractivity (Wildman–Crippen MR) is 62.6 cm³/mol. The predicted octanol–water partition coefficient (Wildman–Crippen LogP) is 1.15. The van der Waals surface area contributed by atoms with Gasteiger partial charge in [-0.05, 0) is 13.3 Å². The van der Waals surface area contributed by atoms with Gasteiger partial charge in [0.2, 0.25) is 0 Å². The maximum Gasteiger partial charge on any atom is 0.0945 e. The molecule has 1 radical (unpaired) electrons. The first-order chi connectivity index (χ1) is 7.68. The van der Waals surface area contributed by atoms with Gasteiger partial charge in [-0.15, -0.1) is 0 Å². The molecular formula is C11H16N5. The van der Waals surface area contributed by atoms with Gasteiger partial charge in [0.1, 0.15) is 0 Å². The monoisotopic (exact) mass is 218 g/mol. The first kappa shape index (κ1) is 10.7. The molecule has 2 N–H and O–H groups in total. The molecule has 85 valence electrons. The molecule has 5 heteroatoms. The number of aromatic nitrogens is 4. The Morgan fingerprint density at radius 2 is 2.31 bits per heavy atom. The van der Waals surface area contributed by atoms with Crippen LogP contribution in [0.4, 0.5) is 5.69 Å². The van der Waals surface area contributed by atoms with E-state index in [-0.39, 0.29) is 0 Å². The second-order valence-corrected chi connectivity index (χ2v) is 3.80. The Morgan fingerprint density at radius 1 is 1.50 bits per heavy atom. The normalized spacial score (nSPS) is 10.9. The van der Waals surface area contributed by atoms with Crippen molar-refractivity contribution in [2.24, 2.45) is 7.05 Å². The molecule has 0 amide bonds. The highest BCUT2D eigenvalue weighted by atomic mass is 15.3. The van der Waals surface area contributed by atoms with Crippen molar-refractivity contribution in [3.8, 4) is 0 Å². The second kappa shape index (κ2) is 4.38. The van der Waals surface area contributed by atoms with Crippen LogP contribution < -0.4 is 5.73 Å². The van der Waals surface area contributed by atoms with Gasteiger partial charge in [0, 0.05) is 32.4 Å². The molecule has 0 saturated carbocycles. The fourth-order valence-corrected chi connectivity index (χ4v) is 1.70. The molecule has 2 heterocycles. The van der Waals surface area contributed by atoms with E-state index >= 15 is 0 Å². The lowest BCUT2D eigenvalue weighted by Gasteiger charge is -2.04. The van der Waals surface area contributed by atoms with E-state index in [0.29, 0.717) is 0 Å². The summed E-state index contributed by atoms with van der Waals surface area (Å²) in [5.41, 5.74) is 8.58. The minimum absolute atomic E-state index is 0.771. The molecule has 0 bridgehead atoms. The van der Waals surface area contributed by atoms with Gasteiger partial charge in [-0.3, -0.25) is 4.68 Å². The van der Waals surface area contributed by atoms with E-state index < -0.39 is 0 Å². The third kappa shape index (κ3) is 2.08. The van der Waals surface area contributed by atoms with Crippen molar-refractivity contribution in [2.45, 2.75) is 19.9 Å². The van der Waals surface area contributed by atoms with Crippen molar-refractivity contribution in [3.05, 3.63) is 36.5 Å². The quantitative estimate of drug-likeness (QED) is 0.837. The number of hydrogen-bond donors (Lipinski definition) is 1. The van der Waals surface area contributed by atoms with E-state index in [9.17, 15) is 0 Å². The van der Waals surface area contributed by atoms with Gasteiger partial charge < -0.3 is 10.3 Å². The molecule has 0 atom stereocenters. The summed E-state index contributed by atoms with van der Waals surface area (Å²) in [6.45, 7) is 2.83. The highest BCUT2D eigenvalue weighted by molar-refractivity contribution is 5.50. The van der Waals surface area contributed by atoms with Crippen molar-refractivity contribution in [2.75, 3.05) is 5.73 Å². The zero-order chi connectivity index (χ0) is 11.5. The smallest absolute Gasteiger partial charge is 0.0945 e. The van der Waals surface area contributed by atoms with E-state index in [1.807, 2.05) is 35.7 Å². The lowest BCUT2D eigenvalue weighted by Crippen LogP contribution is -2.02. The summed E-state index contributed by atoms with van der Waals surface area (Å²) in [5.74, 6) is 0. The third-order valence-electron chi connectivity index (χ3n) is 2.60. The molecular weight excluding hydrogens is 202 g/mol. The molecule has 0 aliphatic heterocycles. The number of nitrogens with zero attached hydrogens (tertiary/aromatic N) is 4. The van der Waals surface area contributed by atoms with Crippen LogP contribution in [0.3, 0.4) is 0 Å². The van der Waals surface area contributed by atoms with Crippen molar-refractivity contribution in [1.82, 2.24) is 19.3 Å². The standard InChI is InChI=1S/C11H16N5/c1-9-11(12)10(15(2)14-9)4-3-6-16-7-5-13-8-16/h4-5,7-8H,3,6,12H2,1-2H3. The molecule has 0 spiro atoms. The number of hydrogen-bond acceptors (Lipinski definition) is 3. The summed E-state index contributed by atoms with van der Waals surface area (Å²) in [6, 6.07) is 0. The number of aryl methyl sites for hydroxylation is 3. The lowest BCUT2D eigenvalue weighted by atomic mass is 10.2. The zero-order valence-electron chi connectivity index (χ0n) is 9.59. The van der Waals surface area contributed by atoms with Crippen LogP contribution in [0.15, 0.2) is 18.7 Å². The Balaban J connectivity index is 1.95. The van der Waals surface area contributed by atoms with Crippen LogP contribution in [0.25, 0.3) is 0 Å². The summed E-state index contributed by atoms with van der Waals surface area (Å²) in [6.07, 6.45) is 8.56. The lowest BCUT2D eigenvalue weighted by molar-refractivity contribution is 0.671. The highest BCUT2D eigenvalue weighted by Gasteiger charge is 2.09. The summed E-state index contributed by atoms with van der Waals surface area (Å²) >= 11 is 0. The van der Waals surface area contributed by atoms with Crippen molar-refractivity contribution in [3.63, 3.8) is 0 Å². The Hall–Kier alpha value is -1.78. The van der Waals surface area contributed by atoms with Gasteiger partial charge in [-0.25, -0.2) is 4.98 Å². The third-order valence-corrected chi connectivity index (χ3v) is 2.60. The number of nitrogens with two attached hydrogens (primary N) is 1. The Kier molecular flexibility index (Phi) is 2.94. The van der Waals surface area contributed by atoms with Gasteiger partial charge in [0.15, 0.2) is 0 Å². The fourth-order valence-electron chi connectivity index (χ4n) is 1.70. The zero-order valence-corrected chi connectivity index (χ0v) is 9.59. The van der Waals surface area contributed by atoms with Crippen LogP contribution in [0.1, 0.15) is 17.8 Å². The van der Waals surface area contributed by atoms with Crippen LogP contribution in [-0.2, 0) is 13.6 Å². The Morgan fingerprint density at radius 3 is 2.88 bits per heavy atom. The average molecular weight is 218 g/mol. The highest BCUT2D eigenvalue weighted by Crippen LogP contribution is 2.18. The molecule has 0 aromatic carbocycles. The molecule has 0 unspecified atom stereocenters. The maximum atomic E-state index is 5.93. The molecule has 0 fully saturated rings. The van der Waals surface area contributed by atoms with Crippen LogP contribution in [0.5, 0.6) is 0 Å². The molecule has 2 rings (SSSR count). The van der Waals surface area contributed by atoms with Crippen LogP contribution in [-0.4, -0.2) is 19.3 Å². The van der Waals surface area contributed by atoms with Gasteiger partial charge >= 0.3 is 0 Å². The van der Waals surface area contributed by atoms with E-state index in [4.69, 9.17) is 5.73 Å². The minimum atomic E-state index is 0.771. The topological polar surface area (TPSA) is 61.7 Å². The van der Waals surface area contributed by atoms with E-state index in [1.54, 1.807) is 6.20 Å². The number of imidazole rings is 1. The summed E-state index contributed by atoms with van der Waals surface area (Å²) in [5, 5.41) is 4.27. The SMILES string of the molecule is Cc1nn(C)c([CH]CCn2ccnc2)c1N. The second-order valence-electron chi connectivity index (χ2n) is 3.80. The first-order valence-corrected chi connectivity index (χ1v) is 5.26. The Bertz CT molecular complexity index is 455. The largest absolute Gasteiger partial charge is 0.396 e. The van der Waals surface area contributed by atoms with Crippen molar-refractivity contribution in [1.29, 1.82) is 0 Å². The molecule has 0 aliphatic rings. The maximum absolute atomic E-state index is 5.93. The molecule has 0 aliphatic carbocycles. The summed E-state index contributed by atoms with van der Waals surface area (Å²) < 4.78 is 3.86. The minimum Gasteiger partial charge on any atom is -0.396 e. The number of nitrogen functional groups attached to an aromatic ring is 1. The molecule has 16 heavy (non-hydrogen) atoms. The van der Waals surface area contributed by atoms with E-state index in [1.165, 1.54) is 0 Å². The average Bonchev–Trinajstić information content (AvgIpc) is 2.82. The van der Waals surface area contributed by atoms with E-state index in [2.05, 4.69) is 16.5 Å². The van der Waals surface area contributed by atoms with Gasteiger partial charge in [-0.2, -0.15) is 5.10 Å². The number of anilines is 1. The van der Waals surface area contributed by atoms with Gasteiger partial charge in [0.05, 0.1) is 23.4 Å². The van der Waals surface area contributed by atoms with Crippen molar-refractivity contribution < 1.29 is 0 Å². The molecule has 2 aromatic rings. The fraction of sp³-hybridized carbons (Fsp3) is 0.364. The molecule has 2 aromatic heterocycles. The summed E-state index contributed by atoms with van der Waals surface area (Å²) in [4.78, 5) is 3.99. The van der Waals surface area contributed by atoms with Crippen molar-refractivity contribution >= 4 is 5.69 Å². The number of rotatable bonds is 4. The van der Waals surface area contributed by atoms with Crippen LogP contribution in [0, 0.1) is 13.3 Å². The van der Waals surface area contributed by atoms with Crippen LogP contribution >= 0.6 is 0 Å².